The first-order valence-corrected chi connectivity index (χ1v) is 14.9. The number of carbonyl (C=O) groups is 3. The summed E-state index contributed by atoms with van der Waals surface area (Å²) >= 11 is 0. The predicted octanol–water partition coefficient (Wildman–Crippen LogP) is 5.35. The van der Waals surface area contributed by atoms with E-state index in [4.69, 9.17) is 15.0 Å². The average molecular weight is 606 g/mol. The van der Waals surface area contributed by atoms with Crippen LogP contribution in [0.3, 0.4) is 0 Å². The highest BCUT2D eigenvalue weighted by Gasteiger charge is 2.27. The number of benzene rings is 4. The van der Waals surface area contributed by atoms with E-state index in [1.807, 2.05) is 72.8 Å². The molecule has 5 rings (SSSR count). The summed E-state index contributed by atoms with van der Waals surface area (Å²) < 4.78 is 10.6. The second-order valence-electron chi connectivity index (χ2n) is 10.6. The van der Waals surface area contributed by atoms with Gasteiger partial charge in [-0.1, -0.05) is 90.1 Å². The molecule has 10 nitrogen and oxygen atoms in total. The Morgan fingerprint density at radius 1 is 0.844 bits per heavy atom. The van der Waals surface area contributed by atoms with Gasteiger partial charge in [-0.05, 0) is 65.4 Å². The van der Waals surface area contributed by atoms with Crippen molar-refractivity contribution in [3.05, 3.63) is 131 Å². The summed E-state index contributed by atoms with van der Waals surface area (Å²) in [6, 6.07) is 29.5. The van der Waals surface area contributed by atoms with Crippen LogP contribution in [0.5, 0.6) is 0 Å². The van der Waals surface area contributed by atoms with E-state index >= 15 is 0 Å². The van der Waals surface area contributed by atoms with Crippen LogP contribution in [0.4, 0.5) is 4.79 Å². The van der Waals surface area contributed by atoms with Crippen molar-refractivity contribution in [1.29, 1.82) is 0 Å². The first-order valence-electron chi connectivity index (χ1n) is 14.9. The SMILES string of the molecule is NCCCC[C@H](NC(=O)OCc1ccccc1)C(=O)c1noc(Cc2ccc(C(=O)NCc3cccc4ccccc34)cc2)n1. The summed E-state index contributed by atoms with van der Waals surface area (Å²) in [4.78, 5) is 42.8. The Morgan fingerprint density at radius 3 is 2.40 bits per heavy atom. The maximum atomic E-state index is 13.2. The van der Waals surface area contributed by atoms with E-state index in [2.05, 4.69) is 20.8 Å². The van der Waals surface area contributed by atoms with E-state index in [9.17, 15) is 14.4 Å². The highest BCUT2D eigenvalue weighted by atomic mass is 16.5. The van der Waals surface area contributed by atoms with Crippen LogP contribution in [-0.4, -0.2) is 40.5 Å². The maximum absolute atomic E-state index is 13.2. The number of hydrogen-bond acceptors (Lipinski definition) is 8. The molecule has 0 aliphatic rings. The molecule has 0 radical (unpaired) electrons. The molecule has 4 N–H and O–H groups in total. The van der Waals surface area contributed by atoms with Gasteiger partial charge in [0.15, 0.2) is 0 Å². The zero-order valence-electron chi connectivity index (χ0n) is 24.8. The molecule has 0 bridgehead atoms. The molecule has 1 aromatic heterocycles. The number of ether oxygens (including phenoxy) is 1. The fourth-order valence-electron chi connectivity index (χ4n) is 4.92. The molecule has 10 heteroatoms. The second kappa shape index (κ2) is 15.4. The summed E-state index contributed by atoms with van der Waals surface area (Å²) in [5.41, 5.74) is 8.83. The smallest absolute Gasteiger partial charge is 0.408 e. The van der Waals surface area contributed by atoms with Crippen LogP contribution in [-0.2, 0) is 24.3 Å². The molecular formula is C35H35N5O5. The minimum atomic E-state index is -0.892. The topological polar surface area (TPSA) is 149 Å². The highest BCUT2D eigenvalue weighted by Crippen LogP contribution is 2.19. The minimum Gasteiger partial charge on any atom is -0.445 e. The van der Waals surface area contributed by atoms with Gasteiger partial charge in [0.25, 0.3) is 5.91 Å². The molecular weight excluding hydrogens is 570 g/mol. The molecule has 0 aliphatic carbocycles. The molecule has 1 heterocycles. The van der Waals surface area contributed by atoms with Crippen molar-refractivity contribution in [2.24, 2.45) is 5.73 Å². The van der Waals surface area contributed by atoms with E-state index in [0.717, 1.165) is 27.5 Å². The van der Waals surface area contributed by atoms with Crippen molar-refractivity contribution in [1.82, 2.24) is 20.8 Å². The standard InChI is InChI=1S/C35H35N5O5/c36-20-7-6-15-30(38-35(43)44-23-25-9-2-1-3-10-25)32(41)33-39-31(45-40-33)21-24-16-18-27(19-17-24)34(42)37-22-28-13-8-12-26-11-4-5-14-29(26)28/h1-5,8-14,16-19,30H,6-7,15,20-23,36H2,(H,37,42)(H,38,43)/t30-/m0/s1. The van der Waals surface area contributed by atoms with E-state index in [-0.39, 0.29) is 30.7 Å². The van der Waals surface area contributed by atoms with Crippen LogP contribution in [0, 0.1) is 0 Å². The fraction of sp³-hybridized carbons (Fsp3) is 0.229. The predicted molar refractivity (Wildman–Crippen MR) is 169 cm³/mol. The Kier molecular flexibility index (Phi) is 10.6. The number of carbonyl (C=O) groups excluding carboxylic acids is 3. The second-order valence-corrected chi connectivity index (χ2v) is 10.6. The largest absolute Gasteiger partial charge is 0.445 e. The number of Topliss-reactive ketones (excluding diaryl/α,β-unsaturated/α-hetero) is 1. The Morgan fingerprint density at radius 2 is 1.60 bits per heavy atom. The molecule has 0 spiro atoms. The Balaban J connectivity index is 1.16. The Labute approximate surface area is 261 Å². The number of rotatable bonds is 14. The van der Waals surface area contributed by atoms with Gasteiger partial charge in [0.1, 0.15) is 6.61 Å². The summed E-state index contributed by atoms with van der Waals surface area (Å²) in [5, 5.41) is 11.7. The van der Waals surface area contributed by atoms with Crippen LogP contribution < -0.4 is 16.4 Å². The third-order valence-corrected chi connectivity index (χ3v) is 7.35. The number of nitrogens with zero attached hydrogens (tertiary/aromatic N) is 2. The molecule has 0 unspecified atom stereocenters. The first kappa shape index (κ1) is 31.1. The Bertz CT molecular complexity index is 1730. The fourth-order valence-corrected chi connectivity index (χ4v) is 4.92. The molecule has 1 atom stereocenters. The number of aromatic nitrogens is 2. The summed E-state index contributed by atoms with van der Waals surface area (Å²) in [6.07, 6.45) is 1.22. The lowest BCUT2D eigenvalue weighted by Gasteiger charge is -2.16. The van der Waals surface area contributed by atoms with Crippen molar-refractivity contribution < 1.29 is 23.6 Å². The van der Waals surface area contributed by atoms with Gasteiger partial charge in [0.05, 0.1) is 12.5 Å². The summed E-state index contributed by atoms with van der Waals surface area (Å²) in [6.45, 7) is 0.956. The number of ketones is 1. The van der Waals surface area contributed by atoms with Crippen molar-refractivity contribution in [2.75, 3.05) is 6.54 Å². The van der Waals surface area contributed by atoms with Crippen molar-refractivity contribution in [3.63, 3.8) is 0 Å². The van der Waals surface area contributed by atoms with Gasteiger partial charge in [0.2, 0.25) is 17.5 Å². The quantitative estimate of drug-likeness (QED) is 0.113. The molecule has 2 amide bonds. The molecule has 45 heavy (non-hydrogen) atoms. The van der Waals surface area contributed by atoms with Crippen LogP contribution >= 0.6 is 0 Å². The van der Waals surface area contributed by atoms with Gasteiger partial charge in [-0.2, -0.15) is 4.98 Å². The number of unbranched alkanes of at least 4 members (excludes halogenated alkanes) is 1. The minimum absolute atomic E-state index is 0.0768. The Hall–Kier alpha value is -5.35. The molecule has 230 valence electrons. The molecule has 0 aliphatic heterocycles. The lowest BCUT2D eigenvalue weighted by atomic mass is 10.0. The van der Waals surface area contributed by atoms with Crippen molar-refractivity contribution in [2.45, 2.75) is 44.9 Å². The third kappa shape index (κ3) is 8.61. The third-order valence-electron chi connectivity index (χ3n) is 7.35. The van der Waals surface area contributed by atoms with E-state index in [1.165, 1.54) is 0 Å². The molecule has 5 aromatic rings. The maximum Gasteiger partial charge on any atom is 0.408 e. The number of alkyl carbamates (subject to hydrolysis) is 1. The van der Waals surface area contributed by atoms with E-state index in [0.29, 0.717) is 37.9 Å². The summed E-state index contributed by atoms with van der Waals surface area (Å²) in [7, 11) is 0. The molecule has 0 saturated heterocycles. The number of hydrogen-bond donors (Lipinski definition) is 3. The van der Waals surface area contributed by atoms with Crippen LogP contribution in [0.1, 0.15) is 62.8 Å². The number of fused-ring (bicyclic) bond motifs is 1. The van der Waals surface area contributed by atoms with E-state index in [1.54, 1.807) is 24.3 Å². The van der Waals surface area contributed by atoms with Crippen LogP contribution in [0.2, 0.25) is 0 Å². The summed E-state index contributed by atoms with van der Waals surface area (Å²) in [5.74, 6) is -0.554. The zero-order chi connectivity index (χ0) is 31.4. The van der Waals surface area contributed by atoms with Gasteiger partial charge in [-0.25, -0.2) is 4.79 Å². The first-order chi connectivity index (χ1) is 22.0. The van der Waals surface area contributed by atoms with Gasteiger partial charge in [0, 0.05) is 12.1 Å². The zero-order valence-corrected chi connectivity index (χ0v) is 24.8. The van der Waals surface area contributed by atoms with Gasteiger partial charge >= 0.3 is 6.09 Å². The van der Waals surface area contributed by atoms with E-state index < -0.39 is 17.9 Å². The number of nitrogens with one attached hydrogen (secondary N) is 2. The van der Waals surface area contributed by atoms with Gasteiger partial charge in [-0.15, -0.1) is 0 Å². The lowest BCUT2D eigenvalue weighted by Crippen LogP contribution is -2.41. The molecule has 0 saturated carbocycles. The number of amides is 2. The van der Waals surface area contributed by atoms with Crippen LogP contribution in [0.25, 0.3) is 10.8 Å². The van der Waals surface area contributed by atoms with Crippen molar-refractivity contribution in [3.8, 4) is 0 Å². The van der Waals surface area contributed by atoms with Gasteiger partial charge in [-0.3, -0.25) is 9.59 Å². The lowest BCUT2D eigenvalue weighted by molar-refractivity contribution is 0.0896. The monoisotopic (exact) mass is 605 g/mol. The van der Waals surface area contributed by atoms with Crippen LogP contribution in [0.15, 0.2) is 102 Å². The highest BCUT2D eigenvalue weighted by molar-refractivity contribution is 5.98. The van der Waals surface area contributed by atoms with Gasteiger partial charge < -0.3 is 25.6 Å². The number of nitrogens with two attached hydrogens (primary N) is 1. The molecule has 4 aromatic carbocycles. The normalized spacial score (nSPS) is 11.6. The average Bonchev–Trinajstić information content (AvgIpc) is 3.54. The molecule has 0 fully saturated rings. The van der Waals surface area contributed by atoms with Crippen molar-refractivity contribution >= 4 is 28.6 Å².